The van der Waals surface area contributed by atoms with Gasteiger partial charge in [0.05, 0.1) is 10.5 Å². The molecule has 1 unspecified atom stereocenters. The molecule has 2 aromatic rings. The third kappa shape index (κ3) is 3.04. The van der Waals surface area contributed by atoms with E-state index < -0.39 is 23.5 Å². The molecule has 20 heavy (non-hydrogen) atoms. The van der Waals surface area contributed by atoms with E-state index in [4.69, 9.17) is 0 Å². The first-order valence-corrected chi connectivity index (χ1v) is 6.96. The number of benzene rings is 2. The summed E-state index contributed by atoms with van der Waals surface area (Å²) >= 11 is 3.10. The molecule has 0 fully saturated rings. The van der Waals surface area contributed by atoms with E-state index in [1.165, 1.54) is 0 Å². The third-order valence-corrected chi connectivity index (χ3v) is 3.58. The molecular weight excluding hydrogens is 331 g/mol. The summed E-state index contributed by atoms with van der Waals surface area (Å²) < 4.78 is 41.7. The molecule has 5 heteroatoms. The molecule has 2 aromatic carbocycles. The normalized spacial score (nSPS) is 12.4. The molecular formula is C15H13BrF3N. The first-order chi connectivity index (χ1) is 9.54. The van der Waals surface area contributed by atoms with Crippen LogP contribution in [-0.2, 0) is 0 Å². The van der Waals surface area contributed by atoms with E-state index >= 15 is 0 Å². The van der Waals surface area contributed by atoms with Gasteiger partial charge in [-0.15, -0.1) is 0 Å². The molecule has 0 aliphatic heterocycles. The summed E-state index contributed by atoms with van der Waals surface area (Å²) in [5.74, 6) is -1.61. The molecule has 0 amide bonds. The van der Waals surface area contributed by atoms with Crippen LogP contribution < -0.4 is 5.32 Å². The van der Waals surface area contributed by atoms with Crippen LogP contribution in [0, 0.1) is 17.5 Å². The zero-order valence-electron chi connectivity index (χ0n) is 10.8. The molecule has 0 aliphatic carbocycles. The van der Waals surface area contributed by atoms with Gasteiger partial charge in [0, 0.05) is 11.1 Å². The van der Waals surface area contributed by atoms with E-state index in [2.05, 4.69) is 21.2 Å². The number of rotatable bonds is 4. The van der Waals surface area contributed by atoms with Crippen molar-refractivity contribution < 1.29 is 13.2 Å². The van der Waals surface area contributed by atoms with Crippen LogP contribution in [-0.4, -0.2) is 6.54 Å². The van der Waals surface area contributed by atoms with Gasteiger partial charge in [0.25, 0.3) is 0 Å². The summed E-state index contributed by atoms with van der Waals surface area (Å²) in [5.41, 5.74) is 0.356. The zero-order chi connectivity index (χ0) is 14.7. The number of nitrogens with one attached hydrogen (secondary N) is 1. The Morgan fingerprint density at radius 3 is 2.55 bits per heavy atom. The van der Waals surface area contributed by atoms with Crippen LogP contribution >= 0.6 is 15.9 Å². The van der Waals surface area contributed by atoms with Gasteiger partial charge in [-0.2, -0.15) is 0 Å². The summed E-state index contributed by atoms with van der Waals surface area (Å²) in [6.07, 6.45) is 0. The van der Waals surface area contributed by atoms with Crippen molar-refractivity contribution in [2.75, 3.05) is 6.54 Å². The molecule has 0 radical (unpaired) electrons. The highest BCUT2D eigenvalue weighted by Crippen LogP contribution is 2.30. The van der Waals surface area contributed by atoms with Gasteiger partial charge >= 0.3 is 0 Å². The van der Waals surface area contributed by atoms with Crippen LogP contribution in [0.25, 0.3) is 0 Å². The third-order valence-electron chi connectivity index (χ3n) is 2.97. The van der Waals surface area contributed by atoms with Gasteiger partial charge in [-0.05, 0) is 46.7 Å². The maximum absolute atomic E-state index is 14.2. The summed E-state index contributed by atoms with van der Waals surface area (Å²) in [6, 6.07) is 7.20. The Kier molecular flexibility index (Phi) is 4.83. The van der Waals surface area contributed by atoms with Gasteiger partial charge in [0.2, 0.25) is 0 Å². The Balaban J connectivity index is 2.56. The Bertz CT molecular complexity index is 614. The SMILES string of the molecule is CCNC(c1cc(F)ccc1F)c1cccc(Br)c1F. The van der Waals surface area contributed by atoms with Crippen LogP contribution in [0.1, 0.15) is 24.1 Å². The second-order valence-corrected chi connectivity index (χ2v) is 5.15. The lowest BCUT2D eigenvalue weighted by molar-refractivity contribution is 0.521. The van der Waals surface area contributed by atoms with Crippen LogP contribution in [0.4, 0.5) is 13.2 Å². The lowest BCUT2D eigenvalue weighted by Crippen LogP contribution is -2.24. The molecule has 1 N–H and O–H groups in total. The smallest absolute Gasteiger partial charge is 0.142 e. The van der Waals surface area contributed by atoms with Crippen molar-refractivity contribution in [1.29, 1.82) is 0 Å². The van der Waals surface area contributed by atoms with E-state index in [1.54, 1.807) is 18.2 Å². The minimum absolute atomic E-state index is 0.0869. The lowest BCUT2D eigenvalue weighted by atomic mass is 9.97. The van der Waals surface area contributed by atoms with Crippen molar-refractivity contribution in [2.24, 2.45) is 0 Å². The van der Waals surface area contributed by atoms with E-state index in [-0.39, 0.29) is 15.6 Å². The van der Waals surface area contributed by atoms with Gasteiger partial charge in [-0.1, -0.05) is 19.1 Å². The fourth-order valence-electron chi connectivity index (χ4n) is 2.07. The first-order valence-electron chi connectivity index (χ1n) is 6.16. The number of hydrogen-bond donors (Lipinski definition) is 1. The van der Waals surface area contributed by atoms with E-state index in [9.17, 15) is 13.2 Å². The molecule has 0 aromatic heterocycles. The van der Waals surface area contributed by atoms with Crippen molar-refractivity contribution in [3.8, 4) is 0 Å². The van der Waals surface area contributed by atoms with Crippen molar-refractivity contribution in [2.45, 2.75) is 13.0 Å². The van der Waals surface area contributed by atoms with E-state index in [0.717, 1.165) is 18.2 Å². The second kappa shape index (κ2) is 6.41. The van der Waals surface area contributed by atoms with Crippen LogP contribution in [0.15, 0.2) is 40.9 Å². The topological polar surface area (TPSA) is 12.0 Å². The molecule has 0 saturated carbocycles. The molecule has 1 atom stereocenters. The highest BCUT2D eigenvalue weighted by atomic mass is 79.9. The average molecular weight is 344 g/mol. The second-order valence-electron chi connectivity index (χ2n) is 4.30. The molecule has 0 saturated heterocycles. The maximum Gasteiger partial charge on any atom is 0.142 e. The Morgan fingerprint density at radius 2 is 1.85 bits per heavy atom. The van der Waals surface area contributed by atoms with Gasteiger partial charge in [0.1, 0.15) is 17.5 Å². The molecule has 1 nitrogen and oxygen atoms in total. The lowest BCUT2D eigenvalue weighted by Gasteiger charge is -2.20. The fourth-order valence-corrected chi connectivity index (χ4v) is 2.45. The predicted molar refractivity (Wildman–Crippen MR) is 76.0 cm³/mol. The molecule has 106 valence electrons. The molecule has 0 aliphatic rings. The minimum atomic E-state index is -0.742. The molecule has 2 rings (SSSR count). The predicted octanol–water partition coefficient (Wildman–Crippen LogP) is 4.57. The van der Waals surface area contributed by atoms with Gasteiger partial charge in [-0.25, -0.2) is 13.2 Å². The zero-order valence-corrected chi connectivity index (χ0v) is 12.3. The van der Waals surface area contributed by atoms with Gasteiger partial charge in [-0.3, -0.25) is 0 Å². The minimum Gasteiger partial charge on any atom is -0.306 e. The molecule has 0 spiro atoms. The van der Waals surface area contributed by atoms with Crippen molar-refractivity contribution in [3.63, 3.8) is 0 Å². The molecule has 0 heterocycles. The van der Waals surface area contributed by atoms with Crippen LogP contribution in [0.2, 0.25) is 0 Å². The quantitative estimate of drug-likeness (QED) is 0.857. The Morgan fingerprint density at radius 1 is 1.10 bits per heavy atom. The highest BCUT2D eigenvalue weighted by Gasteiger charge is 2.21. The number of halogens is 4. The summed E-state index contributed by atoms with van der Waals surface area (Å²) in [7, 11) is 0. The van der Waals surface area contributed by atoms with Crippen LogP contribution in [0.5, 0.6) is 0 Å². The standard InChI is InChI=1S/C15H13BrF3N/c1-2-20-15(10-4-3-5-12(16)14(10)19)11-8-9(17)6-7-13(11)18/h3-8,15,20H,2H2,1H3. The van der Waals surface area contributed by atoms with Crippen molar-refractivity contribution >= 4 is 15.9 Å². The van der Waals surface area contributed by atoms with Crippen molar-refractivity contribution in [1.82, 2.24) is 5.32 Å². The van der Waals surface area contributed by atoms with Gasteiger partial charge < -0.3 is 5.32 Å². The summed E-state index contributed by atoms with van der Waals surface area (Å²) in [4.78, 5) is 0. The number of hydrogen-bond acceptors (Lipinski definition) is 1. The Hall–Kier alpha value is -1.33. The van der Waals surface area contributed by atoms with Crippen molar-refractivity contribution in [3.05, 3.63) is 69.4 Å². The average Bonchev–Trinajstić information content (AvgIpc) is 2.43. The monoisotopic (exact) mass is 343 g/mol. The first kappa shape index (κ1) is 15.1. The van der Waals surface area contributed by atoms with E-state index in [0.29, 0.717) is 6.54 Å². The Labute approximate surface area is 123 Å². The summed E-state index contributed by atoms with van der Waals surface area (Å²) in [6.45, 7) is 2.31. The van der Waals surface area contributed by atoms with Crippen LogP contribution in [0.3, 0.4) is 0 Å². The van der Waals surface area contributed by atoms with Gasteiger partial charge in [0.15, 0.2) is 0 Å². The summed E-state index contributed by atoms with van der Waals surface area (Å²) in [5, 5.41) is 2.98. The maximum atomic E-state index is 14.2. The highest BCUT2D eigenvalue weighted by molar-refractivity contribution is 9.10. The largest absolute Gasteiger partial charge is 0.306 e. The van der Waals surface area contributed by atoms with E-state index in [1.807, 2.05) is 6.92 Å². The fraction of sp³-hybridized carbons (Fsp3) is 0.200. The molecule has 0 bridgehead atoms.